The van der Waals surface area contributed by atoms with Crippen LogP contribution in [0.2, 0.25) is 0 Å². The van der Waals surface area contributed by atoms with E-state index in [0.717, 1.165) is 30.7 Å². The van der Waals surface area contributed by atoms with E-state index in [1.807, 2.05) is 11.3 Å². The maximum atomic E-state index is 4.47. The van der Waals surface area contributed by atoms with Crippen molar-refractivity contribution in [2.75, 3.05) is 6.54 Å². The minimum absolute atomic E-state index is 0.193. The molecule has 3 unspecified atom stereocenters. The topological polar surface area (TPSA) is 37.8 Å². The number of hydrogen-bond donors (Lipinski definition) is 1. The second kappa shape index (κ2) is 5.13. The van der Waals surface area contributed by atoms with Crippen molar-refractivity contribution in [3.8, 4) is 0 Å². The van der Waals surface area contributed by atoms with Crippen molar-refractivity contribution in [1.29, 1.82) is 0 Å². The molecule has 2 aliphatic rings. The summed E-state index contributed by atoms with van der Waals surface area (Å²) in [5.74, 6) is 2.64. The molecule has 1 aromatic heterocycles. The van der Waals surface area contributed by atoms with Gasteiger partial charge in [0, 0.05) is 24.4 Å². The van der Waals surface area contributed by atoms with Crippen LogP contribution in [0.15, 0.2) is 0 Å². The van der Waals surface area contributed by atoms with Crippen LogP contribution in [-0.2, 0) is 6.42 Å². The second-order valence-corrected chi connectivity index (χ2v) is 8.34. The summed E-state index contributed by atoms with van der Waals surface area (Å²) < 4.78 is 0. The van der Waals surface area contributed by atoms with Gasteiger partial charge in [-0.2, -0.15) is 0 Å². The number of fused-ring (bicyclic) bond motifs is 2. The molecule has 2 aliphatic carbocycles. The highest BCUT2D eigenvalue weighted by atomic mass is 32.1. The van der Waals surface area contributed by atoms with E-state index in [4.69, 9.17) is 0 Å². The third-order valence-corrected chi connectivity index (χ3v) is 5.65. The van der Waals surface area contributed by atoms with Crippen LogP contribution in [0.4, 0.5) is 0 Å². The first kappa shape index (κ1) is 13.5. The van der Waals surface area contributed by atoms with Crippen molar-refractivity contribution >= 4 is 11.3 Å². The smallest absolute Gasteiger partial charge is 0.120 e. The first-order valence-electron chi connectivity index (χ1n) is 7.58. The molecule has 0 saturated heterocycles. The molecule has 0 radical (unpaired) electrons. The molecule has 3 nitrogen and oxygen atoms in total. The molecule has 4 heteroatoms. The van der Waals surface area contributed by atoms with Crippen molar-refractivity contribution < 1.29 is 0 Å². The van der Waals surface area contributed by atoms with Crippen LogP contribution >= 0.6 is 11.3 Å². The SMILES string of the molecule is CC(C)(C)NCCc1nnc(C2CC3CCC2C3)s1. The summed E-state index contributed by atoms with van der Waals surface area (Å²) in [6.45, 7) is 7.60. The quantitative estimate of drug-likeness (QED) is 0.918. The molecule has 2 fully saturated rings. The summed E-state index contributed by atoms with van der Waals surface area (Å²) in [5, 5.41) is 14.9. The van der Waals surface area contributed by atoms with Gasteiger partial charge in [-0.3, -0.25) is 0 Å². The van der Waals surface area contributed by atoms with E-state index < -0.39 is 0 Å². The van der Waals surface area contributed by atoms with Gasteiger partial charge in [0.25, 0.3) is 0 Å². The molecule has 1 aromatic rings. The highest BCUT2D eigenvalue weighted by molar-refractivity contribution is 7.11. The normalized spacial score (nSPS) is 30.2. The number of nitrogens with zero attached hydrogens (tertiary/aromatic N) is 2. The summed E-state index contributed by atoms with van der Waals surface area (Å²) in [7, 11) is 0. The number of aromatic nitrogens is 2. The van der Waals surface area contributed by atoms with Gasteiger partial charge in [-0.05, 0) is 51.9 Å². The van der Waals surface area contributed by atoms with Crippen LogP contribution in [-0.4, -0.2) is 22.3 Å². The predicted molar refractivity (Wildman–Crippen MR) is 79.6 cm³/mol. The van der Waals surface area contributed by atoms with Gasteiger partial charge in [-0.1, -0.05) is 6.42 Å². The molecule has 1 N–H and O–H groups in total. The molecule has 1 heterocycles. The highest BCUT2D eigenvalue weighted by Gasteiger charge is 2.41. The lowest BCUT2D eigenvalue weighted by molar-refractivity contribution is 0.417. The van der Waals surface area contributed by atoms with E-state index in [-0.39, 0.29) is 5.54 Å². The standard InChI is InChI=1S/C15H25N3S/c1-15(2,3)16-7-6-13-17-18-14(19-13)12-9-10-4-5-11(12)8-10/h10-12,16H,4-9H2,1-3H3. The molecule has 3 atom stereocenters. The Bertz CT molecular complexity index is 435. The van der Waals surface area contributed by atoms with Crippen molar-refractivity contribution in [2.24, 2.45) is 11.8 Å². The van der Waals surface area contributed by atoms with Crippen LogP contribution in [0.1, 0.15) is 62.4 Å². The van der Waals surface area contributed by atoms with Gasteiger partial charge in [0.1, 0.15) is 10.0 Å². The first-order chi connectivity index (χ1) is 9.01. The van der Waals surface area contributed by atoms with Gasteiger partial charge in [0.2, 0.25) is 0 Å². The van der Waals surface area contributed by atoms with E-state index >= 15 is 0 Å². The fraction of sp³-hybridized carbons (Fsp3) is 0.867. The van der Waals surface area contributed by atoms with Crippen LogP contribution in [0.25, 0.3) is 0 Å². The molecular formula is C15H25N3S. The molecule has 0 amide bonds. The van der Waals surface area contributed by atoms with Crippen molar-refractivity contribution in [3.05, 3.63) is 10.0 Å². The lowest BCUT2D eigenvalue weighted by Crippen LogP contribution is -2.37. The predicted octanol–water partition coefficient (Wildman–Crippen LogP) is 3.37. The maximum absolute atomic E-state index is 4.47. The van der Waals surface area contributed by atoms with Gasteiger partial charge in [0.05, 0.1) is 0 Å². The van der Waals surface area contributed by atoms with Gasteiger partial charge < -0.3 is 5.32 Å². The Labute approximate surface area is 120 Å². The van der Waals surface area contributed by atoms with Gasteiger partial charge >= 0.3 is 0 Å². The lowest BCUT2D eigenvalue weighted by atomic mass is 9.89. The van der Waals surface area contributed by atoms with E-state index in [9.17, 15) is 0 Å². The largest absolute Gasteiger partial charge is 0.312 e. The minimum atomic E-state index is 0.193. The van der Waals surface area contributed by atoms with Crippen molar-refractivity contribution in [3.63, 3.8) is 0 Å². The van der Waals surface area contributed by atoms with E-state index in [1.165, 1.54) is 35.7 Å². The molecule has 0 spiro atoms. The first-order valence-corrected chi connectivity index (χ1v) is 8.40. The van der Waals surface area contributed by atoms with Crippen LogP contribution in [0.5, 0.6) is 0 Å². The molecule has 2 saturated carbocycles. The Morgan fingerprint density at radius 3 is 2.68 bits per heavy atom. The molecule has 3 rings (SSSR count). The lowest BCUT2D eigenvalue weighted by Gasteiger charge is -2.19. The second-order valence-electron chi connectivity index (χ2n) is 7.24. The molecule has 0 aliphatic heterocycles. The van der Waals surface area contributed by atoms with Gasteiger partial charge in [-0.15, -0.1) is 21.5 Å². The van der Waals surface area contributed by atoms with Crippen LogP contribution < -0.4 is 5.32 Å². The van der Waals surface area contributed by atoms with Crippen LogP contribution in [0.3, 0.4) is 0 Å². The fourth-order valence-corrected chi connectivity index (χ4v) is 4.66. The Morgan fingerprint density at radius 1 is 1.21 bits per heavy atom. The third kappa shape index (κ3) is 3.16. The number of nitrogens with one attached hydrogen (secondary N) is 1. The zero-order chi connectivity index (χ0) is 13.5. The van der Waals surface area contributed by atoms with Crippen molar-refractivity contribution in [1.82, 2.24) is 15.5 Å². The Balaban J connectivity index is 1.55. The Hall–Kier alpha value is -0.480. The summed E-state index contributed by atoms with van der Waals surface area (Å²) in [5.41, 5.74) is 0.193. The molecule has 2 bridgehead atoms. The maximum Gasteiger partial charge on any atom is 0.120 e. The molecule has 19 heavy (non-hydrogen) atoms. The summed E-state index contributed by atoms with van der Waals surface area (Å²) in [6.07, 6.45) is 6.72. The average Bonchev–Trinajstić information content (AvgIpc) is 3.02. The molecule has 0 aromatic carbocycles. The minimum Gasteiger partial charge on any atom is -0.312 e. The van der Waals surface area contributed by atoms with E-state index in [1.54, 1.807) is 0 Å². The summed E-state index contributed by atoms with van der Waals surface area (Å²) in [6, 6.07) is 0. The molecular weight excluding hydrogens is 254 g/mol. The van der Waals surface area contributed by atoms with E-state index in [2.05, 4.69) is 36.3 Å². The van der Waals surface area contributed by atoms with Crippen LogP contribution in [0, 0.1) is 11.8 Å². The molecule has 106 valence electrons. The average molecular weight is 279 g/mol. The number of rotatable bonds is 4. The Morgan fingerprint density at radius 2 is 2.05 bits per heavy atom. The number of hydrogen-bond acceptors (Lipinski definition) is 4. The van der Waals surface area contributed by atoms with E-state index in [0.29, 0.717) is 0 Å². The zero-order valence-electron chi connectivity index (χ0n) is 12.3. The Kier molecular flexibility index (Phi) is 3.65. The summed E-state index contributed by atoms with van der Waals surface area (Å²) in [4.78, 5) is 0. The summed E-state index contributed by atoms with van der Waals surface area (Å²) >= 11 is 1.86. The highest BCUT2D eigenvalue weighted by Crippen LogP contribution is 2.53. The van der Waals surface area contributed by atoms with Gasteiger partial charge in [0.15, 0.2) is 0 Å². The zero-order valence-corrected chi connectivity index (χ0v) is 13.1. The van der Waals surface area contributed by atoms with Crippen molar-refractivity contribution in [2.45, 2.75) is 64.3 Å². The fourth-order valence-electron chi connectivity index (χ4n) is 3.61. The third-order valence-electron chi connectivity index (χ3n) is 4.53. The monoisotopic (exact) mass is 279 g/mol. The van der Waals surface area contributed by atoms with Gasteiger partial charge in [-0.25, -0.2) is 0 Å².